The Morgan fingerprint density at radius 2 is 1.83 bits per heavy atom. The highest BCUT2D eigenvalue weighted by Gasteiger charge is 2.19. The molecule has 0 spiro atoms. The summed E-state index contributed by atoms with van der Waals surface area (Å²) < 4.78 is 45.9. The van der Waals surface area contributed by atoms with Crippen LogP contribution in [0.2, 0.25) is 0 Å². The molecule has 6 heteroatoms. The van der Waals surface area contributed by atoms with E-state index in [4.69, 9.17) is 4.74 Å². The zero-order valence-corrected chi connectivity index (χ0v) is 14.2. The van der Waals surface area contributed by atoms with Crippen LogP contribution in [0.5, 0.6) is 5.75 Å². The van der Waals surface area contributed by atoms with Gasteiger partial charge < -0.3 is 4.74 Å². The first-order chi connectivity index (χ1) is 10.8. The molecule has 0 aliphatic carbocycles. The van der Waals surface area contributed by atoms with Crippen molar-refractivity contribution < 1.29 is 17.5 Å². The van der Waals surface area contributed by atoms with Gasteiger partial charge in [-0.2, -0.15) is 0 Å². The molecule has 0 aliphatic rings. The van der Waals surface area contributed by atoms with Crippen molar-refractivity contribution in [3.63, 3.8) is 0 Å². The van der Waals surface area contributed by atoms with E-state index in [0.717, 1.165) is 5.56 Å². The highest BCUT2D eigenvalue weighted by Crippen LogP contribution is 2.23. The van der Waals surface area contributed by atoms with Gasteiger partial charge in [0.2, 0.25) is 10.0 Å². The lowest BCUT2D eigenvalue weighted by Crippen LogP contribution is -2.27. The molecule has 0 unspecified atom stereocenters. The van der Waals surface area contributed by atoms with Gasteiger partial charge in [-0.1, -0.05) is 12.1 Å². The number of hydrogen-bond donors (Lipinski definition) is 1. The molecule has 124 valence electrons. The minimum absolute atomic E-state index is 0.174. The van der Waals surface area contributed by atoms with Crippen LogP contribution >= 0.6 is 0 Å². The molecule has 0 heterocycles. The SMILES string of the molecule is CCOc1ccc(S(=O)(=O)N[C@@H](C)c2ccc(F)cc2)cc1C. The number of aryl methyl sites for hydroxylation is 1. The van der Waals surface area contributed by atoms with E-state index < -0.39 is 16.1 Å². The summed E-state index contributed by atoms with van der Waals surface area (Å²) in [5.41, 5.74) is 1.45. The first-order valence-corrected chi connectivity index (χ1v) is 8.83. The van der Waals surface area contributed by atoms with Crippen molar-refractivity contribution in [1.82, 2.24) is 4.72 Å². The van der Waals surface area contributed by atoms with Crippen LogP contribution in [-0.2, 0) is 10.0 Å². The number of ether oxygens (including phenoxy) is 1. The Morgan fingerprint density at radius 1 is 1.17 bits per heavy atom. The summed E-state index contributed by atoms with van der Waals surface area (Å²) in [7, 11) is -3.67. The molecule has 2 rings (SSSR count). The molecule has 0 saturated carbocycles. The van der Waals surface area contributed by atoms with Gasteiger partial charge in [-0.15, -0.1) is 0 Å². The minimum atomic E-state index is -3.67. The molecule has 23 heavy (non-hydrogen) atoms. The molecule has 4 nitrogen and oxygen atoms in total. The number of nitrogens with one attached hydrogen (secondary N) is 1. The lowest BCUT2D eigenvalue weighted by molar-refractivity contribution is 0.337. The van der Waals surface area contributed by atoms with Crippen molar-refractivity contribution in [3.8, 4) is 5.75 Å². The summed E-state index contributed by atoms with van der Waals surface area (Å²) >= 11 is 0. The van der Waals surface area contributed by atoms with E-state index in [9.17, 15) is 12.8 Å². The number of hydrogen-bond acceptors (Lipinski definition) is 3. The fraction of sp³-hybridized carbons (Fsp3) is 0.294. The Hall–Kier alpha value is -1.92. The van der Waals surface area contributed by atoms with Crippen LogP contribution in [0.1, 0.15) is 31.0 Å². The maximum atomic E-state index is 12.9. The van der Waals surface area contributed by atoms with Gasteiger partial charge in [-0.05, 0) is 62.2 Å². The lowest BCUT2D eigenvalue weighted by Gasteiger charge is -2.16. The molecule has 0 aliphatic heterocycles. The maximum absolute atomic E-state index is 12.9. The highest BCUT2D eigenvalue weighted by molar-refractivity contribution is 7.89. The van der Waals surface area contributed by atoms with Gasteiger partial charge >= 0.3 is 0 Å². The smallest absolute Gasteiger partial charge is 0.241 e. The van der Waals surface area contributed by atoms with Crippen LogP contribution in [0.15, 0.2) is 47.4 Å². The summed E-state index contributed by atoms with van der Waals surface area (Å²) in [6, 6.07) is 10.0. The zero-order valence-electron chi connectivity index (χ0n) is 13.3. The molecule has 0 fully saturated rings. The average molecular weight is 337 g/mol. The van der Waals surface area contributed by atoms with Crippen molar-refractivity contribution >= 4 is 10.0 Å². The third-order valence-electron chi connectivity index (χ3n) is 3.46. The largest absolute Gasteiger partial charge is 0.494 e. The summed E-state index contributed by atoms with van der Waals surface area (Å²) in [6.07, 6.45) is 0. The van der Waals surface area contributed by atoms with Gasteiger partial charge in [0.1, 0.15) is 11.6 Å². The second-order valence-corrected chi connectivity index (χ2v) is 6.97. The second kappa shape index (κ2) is 7.10. The number of halogens is 1. The van der Waals surface area contributed by atoms with Crippen molar-refractivity contribution in [3.05, 3.63) is 59.4 Å². The molecule has 0 saturated heterocycles. The van der Waals surface area contributed by atoms with Crippen molar-refractivity contribution in [2.75, 3.05) is 6.61 Å². The fourth-order valence-corrected chi connectivity index (χ4v) is 3.54. The van der Waals surface area contributed by atoms with E-state index in [2.05, 4.69) is 4.72 Å². The Bertz CT molecular complexity index is 773. The van der Waals surface area contributed by atoms with E-state index in [1.807, 2.05) is 6.92 Å². The van der Waals surface area contributed by atoms with Gasteiger partial charge in [-0.3, -0.25) is 0 Å². The van der Waals surface area contributed by atoms with Crippen molar-refractivity contribution in [2.24, 2.45) is 0 Å². The zero-order chi connectivity index (χ0) is 17.0. The Morgan fingerprint density at radius 3 is 2.39 bits per heavy atom. The molecule has 1 atom stereocenters. The lowest BCUT2D eigenvalue weighted by atomic mass is 10.1. The van der Waals surface area contributed by atoms with Crippen molar-refractivity contribution in [2.45, 2.75) is 31.7 Å². The highest BCUT2D eigenvalue weighted by atomic mass is 32.2. The maximum Gasteiger partial charge on any atom is 0.241 e. The van der Waals surface area contributed by atoms with E-state index >= 15 is 0 Å². The topological polar surface area (TPSA) is 55.4 Å². The van der Waals surface area contributed by atoms with E-state index in [1.165, 1.54) is 18.2 Å². The van der Waals surface area contributed by atoms with Crippen LogP contribution in [-0.4, -0.2) is 15.0 Å². The van der Waals surface area contributed by atoms with E-state index in [-0.39, 0.29) is 10.7 Å². The first-order valence-electron chi connectivity index (χ1n) is 7.34. The molecule has 1 N–H and O–H groups in total. The molecule has 0 aromatic heterocycles. The average Bonchev–Trinajstić information content (AvgIpc) is 2.49. The van der Waals surface area contributed by atoms with Crippen molar-refractivity contribution in [1.29, 1.82) is 0 Å². The van der Waals surface area contributed by atoms with Gasteiger partial charge in [-0.25, -0.2) is 17.5 Å². The summed E-state index contributed by atoms with van der Waals surface area (Å²) in [4.78, 5) is 0.174. The van der Waals surface area contributed by atoms with Crippen LogP contribution in [0.3, 0.4) is 0 Å². The summed E-state index contributed by atoms with van der Waals surface area (Å²) in [5.74, 6) is 0.309. The monoisotopic (exact) mass is 337 g/mol. The van der Waals surface area contributed by atoms with E-state index in [1.54, 1.807) is 38.1 Å². The third kappa shape index (κ3) is 4.30. The van der Waals surface area contributed by atoms with Gasteiger partial charge in [0.25, 0.3) is 0 Å². The molecule has 2 aromatic rings. The van der Waals surface area contributed by atoms with Gasteiger partial charge in [0.15, 0.2) is 0 Å². The third-order valence-corrected chi connectivity index (χ3v) is 5.00. The molecular weight excluding hydrogens is 317 g/mol. The number of sulfonamides is 1. The Balaban J connectivity index is 2.21. The predicted octanol–water partition coefficient (Wildman–Crippen LogP) is 3.57. The quantitative estimate of drug-likeness (QED) is 0.877. The predicted molar refractivity (Wildman–Crippen MR) is 87.5 cm³/mol. The van der Waals surface area contributed by atoms with Crippen LogP contribution in [0.25, 0.3) is 0 Å². The Labute approximate surface area is 136 Å². The molecule has 0 amide bonds. The number of benzene rings is 2. The summed E-state index contributed by atoms with van der Waals surface area (Å²) in [5, 5.41) is 0. The molecular formula is C17H20FNO3S. The summed E-state index contributed by atoms with van der Waals surface area (Å²) in [6.45, 7) is 5.91. The van der Waals surface area contributed by atoms with Crippen LogP contribution in [0, 0.1) is 12.7 Å². The van der Waals surface area contributed by atoms with Gasteiger partial charge in [0, 0.05) is 6.04 Å². The molecule has 0 radical (unpaired) electrons. The van der Waals surface area contributed by atoms with Gasteiger partial charge in [0.05, 0.1) is 11.5 Å². The standard InChI is InChI=1S/C17H20FNO3S/c1-4-22-17-10-9-16(11-12(17)2)23(20,21)19-13(3)14-5-7-15(18)8-6-14/h5-11,13,19H,4H2,1-3H3/t13-/m0/s1. The fourth-order valence-electron chi connectivity index (χ4n) is 2.23. The van der Waals surface area contributed by atoms with Crippen LogP contribution < -0.4 is 9.46 Å². The number of rotatable bonds is 6. The van der Waals surface area contributed by atoms with Crippen LogP contribution in [0.4, 0.5) is 4.39 Å². The Kier molecular flexibility index (Phi) is 5.38. The normalized spacial score (nSPS) is 12.9. The second-order valence-electron chi connectivity index (χ2n) is 5.25. The van der Waals surface area contributed by atoms with E-state index in [0.29, 0.717) is 17.9 Å². The first kappa shape index (κ1) is 17.4. The molecule has 2 aromatic carbocycles. The molecule has 0 bridgehead atoms. The minimum Gasteiger partial charge on any atom is -0.494 e.